The van der Waals surface area contributed by atoms with E-state index in [1.807, 2.05) is 24.3 Å². The lowest BCUT2D eigenvalue weighted by atomic mass is 10.1. The van der Waals surface area contributed by atoms with Crippen molar-refractivity contribution in [1.82, 2.24) is 10.6 Å². The Kier molecular flexibility index (Phi) is 12.4. The van der Waals surface area contributed by atoms with Gasteiger partial charge >= 0.3 is 0 Å². The minimum absolute atomic E-state index is 0. The fourth-order valence-corrected chi connectivity index (χ4v) is 3.53. The van der Waals surface area contributed by atoms with Crippen molar-refractivity contribution in [3.05, 3.63) is 52.2 Å². The molecule has 0 aliphatic heterocycles. The van der Waals surface area contributed by atoms with Crippen LogP contribution in [0.1, 0.15) is 24.3 Å². The summed E-state index contributed by atoms with van der Waals surface area (Å²) in [7, 11) is 0. The lowest BCUT2D eigenvalue weighted by Crippen LogP contribution is -2.38. The Bertz CT molecular complexity index is 736. The average Bonchev–Trinajstić information content (AvgIpc) is 3.18. The van der Waals surface area contributed by atoms with Crippen molar-refractivity contribution >= 4 is 47.2 Å². The molecule has 0 aliphatic rings. The Morgan fingerprint density at radius 3 is 2.62 bits per heavy atom. The van der Waals surface area contributed by atoms with Crippen molar-refractivity contribution < 1.29 is 9.53 Å². The summed E-state index contributed by atoms with van der Waals surface area (Å²) in [4.78, 5) is 16.9. The highest BCUT2D eigenvalue weighted by molar-refractivity contribution is 14.0. The number of thiophene rings is 1. The second kappa shape index (κ2) is 14.2. The molecule has 1 unspecified atom stereocenters. The fourth-order valence-electron chi connectivity index (χ4n) is 2.66. The van der Waals surface area contributed by atoms with Gasteiger partial charge in [0.25, 0.3) is 5.91 Å². The van der Waals surface area contributed by atoms with E-state index in [9.17, 15) is 4.79 Å². The molecule has 0 saturated carbocycles. The van der Waals surface area contributed by atoms with Crippen molar-refractivity contribution in [3.8, 4) is 5.75 Å². The van der Waals surface area contributed by atoms with Gasteiger partial charge in [0.1, 0.15) is 5.75 Å². The van der Waals surface area contributed by atoms with Crippen LogP contribution in [0.4, 0.5) is 0 Å². The molecule has 1 heterocycles. The van der Waals surface area contributed by atoms with Crippen LogP contribution >= 0.6 is 35.3 Å². The van der Waals surface area contributed by atoms with E-state index in [-0.39, 0.29) is 30.6 Å². The molecule has 0 radical (unpaired) electrons. The second-order valence-electron chi connectivity index (χ2n) is 6.68. The standard InChI is InChI=1S/C21H30N4O2S.HI/c1-3-23-21(25-14-16(2)13-19-5-4-12-28-19)24-11-10-17-6-8-18(9-7-17)27-15-20(22)26;/h4-9,12,16H,3,10-11,13-15H2,1-2H3,(H2,22,26)(H2,23,24,25);1H. The molecule has 0 aliphatic carbocycles. The lowest BCUT2D eigenvalue weighted by Gasteiger charge is -2.13. The van der Waals surface area contributed by atoms with Crippen molar-refractivity contribution in [2.45, 2.75) is 26.7 Å². The van der Waals surface area contributed by atoms with E-state index in [1.165, 1.54) is 10.4 Å². The molecule has 1 amide bonds. The molecule has 1 aromatic heterocycles. The number of ether oxygens (including phenoxy) is 1. The number of aliphatic imine (C=N–C) groups is 1. The van der Waals surface area contributed by atoms with Gasteiger partial charge in [-0.25, -0.2) is 0 Å². The molecule has 29 heavy (non-hydrogen) atoms. The SMILES string of the molecule is CCNC(=NCC(C)Cc1cccs1)NCCc1ccc(OCC(N)=O)cc1.I. The number of guanidine groups is 1. The van der Waals surface area contributed by atoms with E-state index in [1.54, 1.807) is 11.3 Å². The molecule has 0 fully saturated rings. The Balaban J connectivity index is 0.00000420. The number of nitrogens with zero attached hydrogens (tertiary/aromatic N) is 1. The first-order valence-corrected chi connectivity index (χ1v) is 10.5. The number of primary amides is 1. The molecule has 4 N–H and O–H groups in total. The Hall–Kier alpha value is -1.81. The minimum Gasteiger partial charge on any atom is -0.484 e. The molecule has 6 nitrogen and oxygen atoms in total. The van der Waals surface area contributed by atoms with Gasteiger partial charge in [-0.3, -0.25) is 9.79 Å². The van der Waals surface area contributed by atoms with Crippen molar-refractivity contribution in [2.24, 2.45) is 16.6 Å². The predicted octanol–water partition coefficient (Wildman–Crippen LogP) is 3.21. The van der Waals surface area contributed by atoms with Crippen LogP contribution in [0.25, 0.3) is 0 Å². The van der Waals surface area contributed by atoms with Gasteiger partial charge in [-0.2, -0.15) is 0 Å². The number of hydrogen-bond acceptors (Lipinski definition) is 4. The van der Waals surface area contributed by atoms with Gasteiger partial charge < -0.3 is 21.1 Å². The highest BCUT2D eigenvalue weighted by atomic mass is 127. The number of nitrogens with one attached hydrogen (secondary N) is 2. The summed E-state index contributed by atoms with van der Waals surface area (Å²) in [5.41, 5.74) is 6.26. The van der Waals surface area contributed by atoms with E-state index in [0.717, 1.165) is 38.4 Å². The van der Waals surface area contributed by atoms with E-state index in [2.05, 4.69) is 42.0 Å². The third-order valence-corrected chi connectivity index (χ3v) is 4.94. The van der Waals surface area contributed by atoms with E-state index < -0.39 is 5.91 Å². The topological polar surface area (TPSA) is 88.7 Å². The van der Waals surface area contributed by atoms with Crippen LogP contribution in [-0.4, -0.2) is 38.1 Å². The summed E-state index contributed by atoms with van der Waals surface area (Å²) in [6, 6.07) is 12.0. The molecular formula is C21H31IN4O2S. The maximum absolute atomic E-state index is 10.7. The zero-order chi connectivity index (χ0) is 20.2. The van der Waals surface area contributed by atoms with Gasteiger partial charge in [-0.1, -0.05) is 25.1 Å². The maximum atomic E-state index is 10.7. The number of halogens is 1. The van der Waals surface area contributed by atoms with E-state index in [4.69, 9.17) is 15.5 Å². The molecular weight excluding hydrogens is 499 g/mol. The smallest absolute Gasteiger partial charge is 0.255 e. The van der Waals surface area contributed by atoms with Gasteiger partial charge in [0.2, 0.25) is 0 Å². The number of carbonyl (C=O) groups is 1. The van der Waals surface area contributed by atoms with Crippen LogP contribution in [0.3, 0.4) is 0 Å². The van der Waals surface area contributed by atoms with Gasteiger partial charge in [0, 0.05) is 24.5 Å². The maximum Gasteiger partial charge on any atom is 0.255 e. The normalized spacial score (nSPS) is 12.0. The first kappa shape index (κ1) is 25.2. The van der Waals surface area contributed by atoms with Gasteiger partial charge in [-0.15, -0.1) is 35.3 Å². The van der Waals surface area contributed by atoms with E-state index in [0.29, 0.717) is 11.7 Å². The summed E-state index contributed by atoms with van der Waals surface area (Å²) in [5, 5.41) is 8.80. The minimum atomic E-state index is -0.478. The van der Waals surface area contributed by atoms with Crippen LogP contribution in [-0.2, 0) is 17.6 Å². The van der Waals surface area contributed by atoms with Crippen molar-refractivity contribution in [3.63, 3.8) is 0 Å². The number of hydrogen-bond donors (Lipinski definition) is 3. The Morgan fingerprint density at radius 1 is 1.24 bits per heavy atom. The largest absolute Gasteiger partial charge is 0.484 e. The number of nitrogens with two attached hydrogens (primary N) is 1. The highest BCUT2D eigenvalue weighted by Crippen LogP contribution is 2.14. The number of rotatable bonds is 11. The number of carbonyl (C=O) groups excluding carboxylic acids is 1. The highest BCUT2D eigenvalue weighted by Gasteiger charge is 2.05. The third-order valence-electron chi connectivity index (χ3n) is 4.05. The first-order valence-electron chi connectivity index (χ1n) is 9.61. The van der Waals surface area contributed by atoms with Gasteiger partial charge in [0.05, 0.1) is 0 Å². The second-order valence-corrected chi connectivity index (χ2v) is 7.72. The van der Waals surface area contributed by atoms with Gasteiger partial charge in [0.15, 0.2) is 12.6 Å². The predicted molar refractivity (Wildman–Crippen MR) is 131 cm³/mol. The Labute approximate surface area is 194 Å². The molecule has 2 aromatic rings. The van der Waals surface area contributed by atoms with Crippen molar-refractivity contribution in [2.75, 3.05) is 26.2 Å². The van der Waals surface area contributed by atoms with Crippen LogP contribution in [0.5, 0.6) is 5.75 Å². The molecule has 0 bridgehead atoms. The third kappa shape index (κ3) is 10.5. The van der Waals surface area contributed by atoms with Crippen LogP contribution in [0.2, 0.25) is 0 Å². The summed E-state index contributed by atoms with van der Waals surface area (Å²) >= 11 is 1.80. The fraction of sp³-hybridized carbons (Fsp3) is 0.429. The molecule has 2 rings (SSSR count). The summed E-state index contributed by atoms with van der Waals surface area (Å²) in [6.45, 7) is 6.60. The number of amides is 1. The van der Waals surface area contributed by atoms with Crippen LogP contribution in [0, 0.1) is 5.92 Å². The summed E-state index contributed by atoms with van der Waals surface area (Å²) in [6.07, 6.45) is 1.93. The monoisotopic (exact) mass is 530 g/mol. The van der Waals surface area contributed by atoms with E-state index >= 15 is 0 Å². The first-order chi connectivity index (χ1) is 13.6. The summed E-state index contributed by atoms with van der Waals surface area (Å²) in [5.74, 6) is 1.52. The zero-order valence-electron chi connectivity index (χ0n) is 17.0. The molecule has 1 atom stereocenters. The van der Waals surface area contributed by atoms with Crippen LogP contribution < -0.4 is 21.1 Å². The van der Waals surface area contributed by atoms with Crippen molar-refractivity contribution in [1.29, 1.82) is 0 Å². The quantitative estimate of drug-likeness (QED) is 0.237. The average molecular weight is 530 g/mol. The molecule has 1 aromatic carbocycles. The Morgan fingerprint density at radius 2 is 2.00 bits per heavy atom. The number of benzene rings is 1. The van der Waals surface area contributed by atoms with Gasteiger partial charge in [-0.05, 0) is 54.8 Å². The molecule has 8 heteroatoms. The molecule has 0 saturated heterocycles. The summed E-state index contributed by atoms with van der Waals surface area (Å²) < 4.78 is 5.27. The van der Waals surface area contributed by atoms with Crippen LogP contribution in [0.15, 0.2) is 46.8 Å². The molecule has 160 valence electrons. The lowest BCUT2D eigenvalue weighted by molar-refractivity contribution is -0.119. The molecule has 0 spiro atoms. The zero-order valence-corrected chi connectivity index (χ0v) is 20.2.